The van der Waals surface area contributed by atoms with E-state index < -0.39 is 40.3 Å². The number of ether oxygens (including phenoxy) is 1. The molecule has 1 aromatic carbocycles. The van der Waals surface area contributed by atoms with Crippen LogP contribution < -0.4 is 0 Å². The van der Waals surface area contributed by atoms with Crippen molar-refractivity contribution in [2.75, 3.05) is 6.61 Å². The van der Waals surface area contributed by atoms with Crippen LogP contribution in [0.3, 0.4) is 0 Å². The van der Waals surface area contributed by atoms with Crippen molar-refractivity contribution in [3.8, 4) is 0 Å². The Morgan fingerprint density at radius 2 is 1.77 bits per heavy atom. The van der Waals surface area contributed by atoms with Gasteiger partial charge in [0.2, 0.25) is 0 Å². The minimum absolute atomic E-state index is 0.146. The van der Waals surface area contributed by atoms with Gasteiger partial charge in [-0.2, -0.15) is 0 Å². The van der Waals surface area contributed by atoms with Gasteiger partial charge >= 0.3 is 5.97 Å². The molecule has 0 aliphatic heterocycles. The Morgan fingerprint density at radius 1 is 1.18 bits per heavy atom. The molecule has 116 valence electrons. The van der Waals surface area contributed by atoms with Crippen LogP contribution in [0.1, 0.15) is 18.9 Å². The number of nitrogens with zero attached hydrogens (tertiary/aromatic N) is 2. The molecule has 22 heavy (non-hydrogen) atoms. The zero-order chi connectivity index (χ0) is 16.7. The second-order valence-electron chi connectivity index (χ2n) is 4.28. The quantitative estimate of drug-likeness (QED) is 0.324. The van der Waals surface area contributed by atoms with Crippen LogP contribution in [0.5, 0.6) is 0 Å². The van der Waals surface area contributed by atoms with Gasteiger partial charge in [-0.1, -0.05) is 0 Å². The molecule has 0 aromatic heterocycles. The van der Waals surface area contributed by atoms with Crippen LogP contribution in [0.25, 0.3) is 6.08 Å². The standard InChI is InChI=1S/C13H12N2O7/c1-9(16)6-13(17)22-8-12(15(20)21)7-10-2-4-11(5-3-10)14(18)19/h2-5,7H,6,8H2,1H3/b12-7+. The van der Waals surface area contributed by atoms with Crippen molar-refractivity contribution >= 4 is 23.5 Å². The SMILES string of the molecule is CC(=O)CC(=O)OC/C(=C\c1ccc([N+](=O)[O-])cc1)[N+](=O)[O-]. The van der Waals surface area contributed by atoms with Gasteiger partial charge in [-0.25, -0.2) is 0 Å². The molecule has 1 aromatic rings. The van der Waals surface area contributed by atoms with E-state index in [4.69, 9.17) is 0 Å². The van der Waals surface area contributed by atoms with Crippen LogP contribution >= 0.6 is 0 Å². The first-order chi connectivity index (χ1) is 10.3. The number of Topliss-reactive ketones (excluding diaryl/α,β-unsaturated/α-hetero) is 1. The van der Waals surface area contributed by atoms with Gasteiger partial charge in [-0.05, 0) is 24.6 Å². The fourth-order valence-electron chi connectivity index (χ4n) is 1.44. The fraction of sp³-hybridized carbons (Fsp3) is 0.231. The Morgan fingerprint density at radius 3 is 2.23 bits per heavy atom. The molecule has 0 bridgehead atoms. The summed E-state index contributed by atoms with van der Waals surface area (Å²) in [6.45, 7) is 0.596. The number of rotatable bonds is 7. The van der Waals surface area contributed by atoms with Gasteiger partial charge in [0.25, 0.3) is 11.4 Å². The van der Waals surface area contributed by atoms with Crippen molar-refractivity contribution < 1.29 is 24.2 Å². The Hall–Kier alpha value is -3.10. The number of benzene rings is 1. The summed E-state index contributed by atoms with van der Waals surface area (Å²) < 4.78 is 4.63. The number of nitro benzene ring substituents is 1. The number of esters is 1. The lowest BCUT2D eigenvalue weighted by atomic mass is 10.2. The summed E-state index contributed by atoms with van der Waals surface area (Å²) in [6.07, 6.45) is 0.674. The highest BCUT2D eigenvalue weighted by molar-refractivity contribution is 5.94. The second-order valence-corrected chi connectivity index (χ2v) is 4.28. The van der Waals surface area contributed by atoms with Crippen molar-refractivity contribution in [1.82, 2.24) is 0 Å². The van der Waals surface area contributed by atoms with E-state index in [0.29, 0.717) is 5.56 Å². The third-order valence-corrected chi connectivity index (χ3v) is 2.45. The lowest BCUT2D eigenvalue weighted by molar-refractivity contribution is -0.428. The lowest BCUT2D eigenvalue weighted by Gasteiger charge is -2.02. The minimum atomic E-state index is -0.857. The first kappa shape index (κ1) is 17.0. The molecule has 0 aliphatic rings. The summed E-state index contributed by atoms with van der Waals surface area (Å²) in [5.41, 5.74) is -0.210. The number of carbonyl (C=O) groups excluding carboxylic acids is 2. The number of non-ortho nitro benzene ring substituents is 1. The molecule has 1 rings (SSSR count). The van der Waals surface area contributed by atoms with E-state index >= 15 is 0 Å². The normalized spacial score (nSPS) is 10.9. The highest BCUT2D eigenvalue weighted by Gasteiger charge is 2.15. The van der Waals surface area contributed by atoms with Crippen LogP contribution in [0.2, 0.25) is 0 Å². The number of hydrogen-bond acceptors (Lipinski definition) is 7. The molecule has 0 atom stereocenters. The highest BCUT2D eigenvalue weighted by atomic mass is 16.6. The number of ketones is 1. The number of hydrogen-bond donors (Lipinski definition) is 0. The molecule has 0 spiro atoms. The van der Waals surface area contributed by atoms with Crippen LogP contribution in [0, 0.1) is 20.2 Å². The Kier molecular flexibility index (Phi) is 5.87. The predicted molar refractivity (Wildman–Crippen MR) is 74.3 cm³/mol. The van der Waals surface area contributed by atoms with Crippen LogP contribution in [0.4, 0.5) is 5.69 Å². The summed E-state index contributed by atoms with van der Waals surface area (Å²) in [5, 5.41) is 21.4. The smallest absolute Gasteiger partial charge is 0.313 e. The molecular weight excluding hydrogens is 296 g/mol. The molecule has 0 N–H and O–H groups in total. The summed E-state index contributed by atoms with van der Waals surface area (Å²) in [6, 6.07) is 5.06. The maximum Gasteiger partial charge on any atom is 0.313 e. The molecule has 0 saturated heterocycles. The van der Waals surface area contributed by atoms with E-state index in [2.05, 4.69) is 4.74 Å². The highest BCUT2D eigenvalue weighted by Crippen LogP contribution is 2.15. The third-order valence-electron chi connectivity index (χ3n) is 2.45. The second kappa shape index (κ2) is 7.62. The molecule has 0 unspecified atom stereocenters. The molecule has 9 nitrogen and oxygen atoms in total. The molecule has 0 amide bonds. The van der Waals surface area contributed by atoms with E-state index in [9.17, 15) is 29.8 Å². The van der Waals surface area contributed by atoms with Gasteiger partial charge in [0.05, 0.1) is 9.85 Å². The van der Waals surface area contributed by atoms with Crippen molar-refractivity contribution in [1.29, 1.82) is 0 Å². The van der Waals surface area contributed by atoms with Gasteiger partial charge < -0.3 is 4.74 Å². The monoisotopic (exact) mass is 308 g/mol. The largest absolute Gasteiger partial charge is 0.454 e. The van der Waals surface area contributed by atoms with Crippen LogP contribution in [0.15, 0.2) is 30.0 Å². The van der Waals surface area contributed by atoms with Gasteiger partial charge in [0.15, 0.2) is 6.61 Å². The Labute approximate surface area is 124 Å². The predicted octanol–water partition coefficient (Wildman–Crippen LogP) is 1.73. The van der Waals surface area contributed by atoms with E-state index in [1.807, 2.05) is 0 Å². The van der Waals surface area contributed by atoms with Crippen molar-refractivity contribution in [3.63, 3.8) is 0 Å². The van der Waals surface area contributed by atoms with Crippen molar-refractivity contribution in [2.45, 2.75) is 13.3 Å². The Balaban J connectivity index is 2.81. The topological polar surface area (TPSA) is 130 Å². The minimum Gasteiger partial charge on any atom is -0.454 e. The van der Waals surface area contributed by atoms with E-state index in [0.717, 1.165) is 6.08 Å². The summed E-state index contributed by atoms with van der Waals surface area (Å²) in [5.74, 6) is -1.27. The lowest BCUT2D eigenvalue weighted by Crippen LogP contribution is -2.14. The van der Waals surface area contributed by atoms with Gasteiger partial charge in [0.1, 0.15) is 12.2 Å². The molecule has 0 fully saturated rings. The molecular formula is C13H12N2O7. The van der Waals surface area contributed by atoms with E-state index in [1.165, 1.54) is 31.2 Å². The zero-order valence-corrected chi connectivity index (χ0v) is 11.6. The first-order valence-electron chi connectivity index (χ1n) is 6.04. The summed E-state index contributed by atoms with van der Waals surface area (Å²) >= 11 is 0. The molecule has 9 heteroatoms. The number of carbonyl (C=O) groups is 2. The summed E-state index contributed by atoms with van der Waals surface area (Å²) in [4.78, 5) is 42.0. The average Bonchev–Trinajstić information content (AvgIpc) is 2.42. The zero-order valence-electron chi connectivity index (χ0n) is 11.6. The van der Waals surface area contributed by atoms with Crippen molar-refractivity contribution in [3.05, 3.63) is 55.8 Å². The average molecular weight is 308 g/mol. The molecule has 0 radical (unpaired) electrons. The number of nitro groups is 2. The molecule has 0 aliphatic carbocycles. The molecule has 0 saturated carbocycles. The van der Waals surface area contributed by atoms with Crippen LogP contribution in [-0.4, -0.2) is 28.2 Å². The van der Waals surface area contributed by atoms with E-state index in [1.54, 1.807) is 0 Å². The third kappa shape index (κ3) is 5.49. The molecule has 0 heterocycles. The Bertz CT molecular complexity index is 634. The maximum absolute atomic E-state index is 11.2. The summed E-state index contributed by atoms with van der Waals surface area (Å²) in [7, 11) is 0. The maximum atomic E-state index is 11.2. The van der Waals surface area contributed by atoms with Gasteiger partial charge in [-0.15, -0.1) is 0 Å². The van der Waals surface area contributed by atoms with Crippen LogP contribution in [-0.2, 0) is 14.3 Å². The van der Waals surface area contributed by atoms with Gasteiger partial charge in [0, 0.05) is 18.2 Å². The first-order valence-corrected chi connectivity index (χ1v) is 6.04. The van der Waals surface area contributed by atoms with E-state index in [-0.39, 0.29) is 5.69 Å². The van der Waals surface area contributed by atoms with Crippen molar-refractivity contribution in [2.24, 2.45) is 0 Å². The van der Waals surface area contributed by atoms with Gasteiger partial charge in [-0.3, -0.25) is 29.8 Å². The fourth-order valence-corrected chi connectivity index (χ4v) is 1.44.